The van der Waals surface area contributed by atoms with E-state index in [9.17, 15) is 4.79 Å². The lowest BCUT2D eigenvalue weighted by Crippen LogP contribution is -2.07. The topological polar surface area (TPSA) is 37.3 Å². The first-order chi connectivity index (χ1) is 7.27. The summed E-state index contributed by atoms with van der Waals surface area (Å²) in [6, 6.07) is 8.30. The van der Waals surface area contributed by atoms with Crippen molar-refractivity contribution in [3.05, 3.63) is 47.5 Å². The third-order valence-electron chi connectivity index (χ3n) is 2.89. The second kappa shape index (κ2) is 4.30. The Morgan fingerprint density at radius 2 is 2.20 bits per heavy atom. The Bertz CT molecular complexity index is 393. The average Bonchev–Trinajstić information content (AvgIpc) is 2.26. The number of rotatable bonds is 2. The van der Waals surface area contributed by atoms with Crippen molar-refractivity contribution in [2.75, 3.05) is 0 Å². The summed E-state index contributed by atoms with van der Waals surface area (Å²) >= 11 is 0. The molecule has 0 saturated heterocycles. The van der Waals surface area contributed by atoms with Crippen molar-refractivity contribution in [2.24, 2.45) is 0 Å². The number of aliphatic carboxylic acids is 1. The summed E-state index contributed by atoms with van der Waals surface area (Å²) in [5.41, 5.74) is 2.66. The van der Waals surface area contributed by atoms with Crippen LogP contribution in [0.5, 0.6) is 0 Å². The molecule has 2 rings (SSSR count). The molecule has 0 fully saturated rings. The molecule has 0 aliphatic heterocycles. The highest BCUT2D eigenvalue weighted by atomic mass is 16.4. The highest BCUT2D eigenvalue weighted by Gasteiger charge is 2.17. The number of carboxylic acid groups (broad SMARTS) is 1. The van der Waals surface area contributed by atoms with Gasteiger partial charge in [-0.1, -0.05) is 30.3 Å². The standard InChI is InChI=1S/C13H14O2/c14-13(15)9-8-11-6-3-5-10-4-1-2-7-12(10)11/h1-2,4,7-9,11H,3,5-6H2,(H,14,15). The molecular weight excluding hydrogens is 188 g/mol. The molecule has 15 heavy (non-hydrogen) atoms. The molecule has 1 aliphatic rings. The molecule has 1 N–H and O–H groups in total. The van der Waals surface area contributed by atoms with Crippen LogP contribution in [0.2, 0.25) is 0 Å². The van der Waals surface area contributed by atoms with Crippen molar-refractivity contribution in [3.8, 4) is 0 Å². The van der Waals surface area contributed by atoms with E-state index in [1.165, 1.54) is 17.2 Å². The number of allylic oxidation sites excluding steroid dienone is 1. The van der Waals surface area contributed by atoms with Gasteiger partial charge in [0.1, 0.15) is 0 Å². The normalized spacial score (nSPS) is 20.1. The Labute approximate surface area is 89.2 Å². The van der Waals surface area contributed by atoms with E-state index in [0.717, 1.165) is 19.3 Å². The monoisotopic (exact) mass is 202 g/mol. The maximum atomic E-state index is 10.5. The Balaban J connectivity index is 2.26. The Kier molecular flexibility index (Phi) is 2.86. The fourth-order valence-corrected chi connectivity index (χ4v) is 2.19. The summed E-state index contributed by atoms with van der Waals surface area (Å²) in [5, 5.41) is 8.61. The fourth-order valence-electron chi connectivity index (χ4n) is 2.19. The number of carboxylic acids is 1. The van der Waals surface area contributed by atoms with Gasteiger partial charge in [-0.25, -0.2) is 4.79 Å². The Hall–Kier alpha value is -1.57. The van der Waals surface area contributed by atoms with Gasteiger partial charge in [0.15, 0.2) is 0 Å². The maximum absolute atomic E-state index is 10.5. The first kappa shape index (κ1) is 9.97. The molecule has 1 unspecified atom stereocenters. The van der Waals surface area contributed by atoms with Crippen molar-refractivity contribution >= 4 is 5.97 Å². The lowest BCUT2D eigenvalue weighted by atomic mass is 9.83. The van der Waals surface area contributed by atoms with E-state index >= 15 is 0 Å². The van der Waals surface area contributed by atoms with Crippen LogP contribution in [0.3, 0.4) is 0 Å². The van der Waals surface area contributed by atoms with Gasteiger partial charge in [-0.15, -0.1) is 0 Å². The predicted molar refractivity (Wildman–Crippen MR) is 58.9 cm³/mol. The van der Waals surface area contributed by atoms with Gasteiger partial charge >= 0.3 is 5.97 Å². The van der Waals surface area contributed by atoms with Crippen molar-refractivity contribution in [1.29, 1.82) is 0 Å². The predicted octanol–water partition coefficient (Wildman–Crippen LogP) is 2.75. The van der Waals surface area contributed by atoms with E-state index in [-0.39, 0.29) is 5.92 Å². The molecule has 78 valence electrons. The molecule has 0 heterocycles. The van der Waals surface area contributed by atoms with Crippen LogP contribution in [0.25, 0.3) is 0 Å². The SMILES string of the molecule is O=C(O)C=CC1CCCc2ccccc21. The van der Waals surface area contributed by atoms with E-state index in [4.69, 9.17) is 5.11 Å². The lowest BCUT2D eigenvalue weighted by Gasteiger charge is -2.22. The van der Waals surface area contributed by atoms with Crippen molar-refractivity contribution in [1.82, 2.24) is 0 Å². The fraction of sp³-hybridized carbons (Fsp3) is 0.308. The summed E-state index contributed by atoms with van der Waals surface area (Å²) in [7, 11) is 0. The first-order valence-electron chi connectivity index (χ1n) is 5.26. The molecule has 2 heteroatoms. The van der Waals surface area contributed by atoms with Gasteiger partial charge in [0, 0.05) is 12.0 Å². The lowest BCUT2D eigenvalue weighted by molar-refractivity contribution is -0.131. The average molecular weight is 202 g/mol. The number of hydrogen-bond acceptors (Lipinski definition) is 1. The molecule has 0 radical (unpaired) electrons. The van der Waals surface area contributed by atoms with Crippen LogP contribution in [0, 0.1) is 0 Å². The first-order valence-corrected chi connectivity index (χ1v) is 5.26. The van der Waals surface area contributed by atoms with Gasteiger partial charge in [0.05, 0.1) is 0 Å². The highest BCUT2D eigenvalue weighted by molar-refractivity contribution is 5.79. The van der Waals surface area contributed by atoms with E-state index < -0.39 is 5.97 Å². The van der Waals surface area contributed by atoms with E-state index in [2.05, 4.69) is 12.1 Å². The zero-order valence-corrected chi connectivity index (χ0v) is 8.52. The van der Waals surface area contributed by atoms with E-state index in [1.807, 2.05) is 12.1 Å². The number of benzene rings is 1. The minimum Gasteiger partial charge on any atom is -0.478 e. The zero-order valence-electron chi connectivity index (χ0n) is 8.52. The van der Waals surface area contributed by atoms with Crippen LogP contribution < -0.4 is 0 Å². The number of carbonyl (C=O) groups is 1. The summed E-state index contributed by atoms with van der Waals surface area (Å²) in [5.74, 6) is -0.580. The summed E-state index contributed by atoms with van der Waals surface area (Å²) in [6.45, 7) is 0. The Morgan fingerprint density at radius 3 is 3.00 bits per heavy atom. The summed E-state index contributed by atoms with van der Waals surface area (Å²) in [4.78, 5) is 10.5. The molecule has 0 bridgehead atoms. The van der Waals surface area contributed by atoms with Gasteiger partial charge in [-0.05, 0) is 30.4 Å². The van der Waals surface area contributed by atoms with E-state index in [1.54, 1.807) is 6.08 Å². The number of aryl methyl sites for hydroxylation is 1. The van der Waals surface area contributed by atoms with Crippen molar-refractivity contribution in [3.63, 3.8) is 0 Å². The minimum absolute atomic E-state index is 0.283. The van der Waals surface area contributed by atoms with Crippen molar-refractivity contribution < 1.29 is 9.90 Å². The second-order valence-corrected chi connectivity index (χ2v) is 3.89. The van der Waals surface area contributed by atoms with E-state index in [0.29, 0.717) is 0 Å². The molecule has 2 nitrogen and oxygen atoms in total. The van der Waals surface area contributed by atoms with Gasteiger partial charge in [-0.3, -0.25) is 0 Å². The number of hydrogen-bond donors (Lipinski definition) is 1. The van der Waals surface area contributed by atoms with Gasteiger partial charge < -0.3 is 5.11 Å². The zero-order chi connectivity index (χ0) is 10.7. The molecule has 1 aromatic rings. The Morgan fingerprint density at radius 1 is 1.40 bits per heavy atom. The molecule has 0 amide bonds. The molecule has 0 aromatic heterocycles. The molecule has 1 aliphatic carbocycles. The van der Waals surface area contributed by atoms with Crippen LogP contribution >= 0.6 is 0 Å². The molecule has 0 spiro atoms. The van der Waals surface area contributed by atoms with Crippen LogP contribution in [-0.4, -0.2) is 11.1 Å². The van der Waals surface area contributed by atoms with Crippen LogP contribution in [0.4, 0.5) is 0 Å². The van der Waals surface area contributed by atoms with Gasteiger partial charge in [-0.2, -0.15) is 0 Å². The molecule has 0 saturated carbocycles. The highest BCUT2D eigenvalue weighted by Crippen LogP contribution is 2.32. The summed E-state index contributed by atoms with van der Waals surface area (Å²) in [6.07, 6.45) is 6.38. The van der Waals surface area contributed by atoms with Crippen LogP contribution in [-0.2, 0) is 11.2 Å². The third kappa shape index (κ3) is 2.27. The third-order valence-corrected chi connectivity index (χ3v) is 2.89. The smallest absolute Gasteiger partial charge is 0.327 e. The van der Waals surface area contributed by atoms with Crippen molar-refractivity contribution in [2.45, 2.75) is 25.2 Å². The quantitative estimate of drug-likeness (QED) is 0.749. The molecular formula is C13H14O2. The number of fused-ring (bicyclic) bond motifs is 1. The van der Waals surface area contributed by atoms with Crippen LogP contribution in [0.15, 0.2) is 36.4 Å². The van der Waals surface area contributed by atoms with Gasteiger partial charge in [0.25, 0.3) is 0 Å². The maximum Gasteiger partial charge on any atom is 0.327 e. The largest absolute Gasteiger partial charge is 0.478 e. The van der Waals surface area contributed by atoms with Crippen LogP contribution in [0.1, 0.15) is 29.9 Å². The van der Waals surface area contributed by atoms with Gasteiger partial charge in [0.2, 0.25) is 0 Å². The molecule has 1 aromatic carbocycles. The molecule has 1 atom stereocenters. The minimum atomic E-state index is -0.863. The second-order valence-electron chi connectivity index (χ2n) is 3.89. The summed E-state index contributed by atoms with van der Waals surface area (Å²) < 4.78 is 0.